The van der Waals surface area contributed by atoms with Crippen molar-refractivity contribution in [2.75, 3.05) is 24.5 Å². The Labute approximate surface area is 264 Å². The van der Waals surface area contributed by atoms with Crippen LogP contribution in [0.25, 0.3) is 0 Å². The van der Waals surface area contributed by atoms with E-state index in [0.29, 0.717) is 17.9 Å². The van der Waals surface area contributed by atoms with E-state index in [9.17, 15) is 22.4 Å². The predicted molar refractivity (Wildman–Crippen MR) is 173 cm³/mol. The third kappa shape index (κ3) is 8.92. The minimum atomic E-state index is -4.26. The van der Waals surface area contributed by atoms with E-state index >= 15 is 0 Å². The van der Waals surface area contributed by atoms with Crippen molar-refractivity contribution in [3.05, 3.63) is 126 Å². The Morgan fingerprint density at radius 2 is 1.51 bits per heavy atom. The highest BCUT2D eigenvalue weighted by molar-refractivity contribution is 7.92. The van der Waals surface area contributed by atoms with Gasteiger partial charge in [0.2, 0.25) is 11.8 Å². The number of anilines is 1. The van der Waals surface area contributed by atoms with Crippen molar-refractivity contribution in [3.63, 3.8) is 0 Å². The van der Waals surface area contributed by atoms with E-state index in [1.54, 1.807) is 36.4 Å². The number of nitrogens with zero attached hydrogens (tertiary/aromatic N) is 2. The van der Waals surface area contributed by atoms with Crippen molar-refractivity contribution < 1.29 is 27.1 Å². The third-order valence-corrected chi connectivity index (χ3v) is 9.10. The van der Waals surface area contributed by atoms with Gasteiger partial charge in [0, 0.05) is 19.5 Å². The van der Waals surface area contributed by atoms with E-state index in [-0.39, 0.29) is 29.5 Å². The van der Waals surface area contributed by atoms with E-state index in [0.717, 1.165) is 34.8 Å². The van der Waals surface area contributed by atoms with E-state index in [1.807, 2.05) is 43.3 Å². The molecule has 0 saturated heterocycles. The molecule has 0 spiro atoms. The largest absolute Gasteiger partial charge is 0.497 e. The molecule has 0 aromatic heterocycles. The molecule has 0 radical (unpaired) electrons. The molecular formula is C35H38FN3O5S. The number of hydrogen-bond acceptors (Lipinski definition) is 5. The second-order valence-corrected chi connectivity index (χ2v) is 12.4. The molecule has 0 aliphatic carbocycles. The quantitative estimate of drug-likeness (QED) is 0.173. The second kappa shape index (κ2) is 15.9. The predicted octanol–water partition coefficient (Wildman–Crippen LogP) is 5.59. The molecule has 10 heteroatoms. The maximum atomic E-state index is 14.4. The zero-order chi connectivity index (χ0) is 32.2. The molecule has 4 aromatic carbocycles. The number of ether oxygens (including phenoxy) is 1. The molecule has 0 heterocycles. The van der Waals surface area contributed by atoms with Crippen molar-refractivity contribution in [2.45, 2.75) is 43.7 Å². The van der Waals surface area contributed by atoms with Gasteiger partial charge in [-0.15, -0.1) is 0 Å². The van der Waals surface area contributed by atoms with Gasteiger partial charge >= 0.3 is 0 Å². The molecule has 0 unspecified atom stereocenters. The monoisotopic (exact) mass is 631 g/mol. The van der Waals surface area contributed by atoms with E-state index < -0.39 is 34.3 Å². The highest BCUT2D eigenvalue weighted by Crippen LogP contribution is 2.26. The lowest BCUT2D eigenvalue weighted by atomic mass is 10.0. The van der Waals surface area contributed by atoms with Gasteiger partial charge in [-0.05, 0) is 66.1 Å². The van der Waals surface area contributed by atoms with Crippen molar-refractivity contribution >= 4 is 27.5 Å². The normalized spacial score (nSPS) is 11.8. The number of sulfonamides is 1. The molecule has 0 fully saturated rings. The molecule has 1 atom stereocenters. The van der Waals surface area contributed by atoms with Crippen LogP contribution in [0.2, 0.25) is 0 Å². The van der Waals surface area contributed by atoms with E-state index in [2.05, 4.69) is 5.32 Å². The summed E-state index contributed by atoms with van der Waals surface area (Å²) >= 11 is 0. The van der Waals surface area contributed by atoms with Gasteiger partial charge in [-0.25, -0.2) is 12.8 Å². The molecule has 0 aliphatic heterocycles. The number of carbonyl (C=O) groups excluding carboxylic acids is 2. The van der Waals surface area contributed by atoms with Crippen LogP contribution in [0.1, 0.15) is 30.9 Å². The molecule has 2 amide bonds. The minimum absolute atomic E-state index is 0.0113. The molecule has 4 rings (SSSR count). The van der Waals surface area contributed by atoms with Gasteiger partial charge in [0.25, 0.3) is 10.0 Å². The summed E-state index contributed by atoms with van der Waals surface area (Å²) in [4.78, 5) is 29.6. The number of benzene rings is 4. The summed E-state index contributed by atoms with van der Waals surface area (Å²) in [6.07, 6.45) is 1.85. The number of hydrogen-bond donors (Lipinski definition) is 1. The Morgan fingerprint density at radius 1 is 0.867 bits per heavy atom. The average molecular weight is 632 g/mol. The Bertz CT molecular complexity index is 1650. The number of carbonyl (C=O) groups is 2. The van der Waals surface area contributed by atoms with Crippen LogP contribution in [0.5, 0.6) is 5.75 Å². The molecule has 8 nitrogen and oxygen atoms in total. The van der Waals surface area contributed by atoms with Gasteiger partial charge in [-0.1, -0.05) is 74.0 Å². The molecule has 4 aromatic rings. The van der Waals surface area contributed by atoms with Crippen LogP contribution in [0.4, 0.5) is 10.1 Å². The fourth-order valence-corrected chi connectivity index (χ4v) is 6.32. The first-order chi connectivity index (χ1) is 21.7. The lowest BCUT2D eigenvalue weighted by molar-refractivity contribution is -0.140. The van der Waals surface area contributed by atoms with Gasteiger partial charge in [-0.3, -0.25) is 13.9 Å². The Hall–Kier alpha value is -4.70. The van der Waals surface area contributed by atoms with Crippen LogP contribution in [0.3, 0.4) is 0 Å². The summed E-state index contributed by atoms with van der Waals surface area (Å²) in [6, 6.07) is 28.2. The topological polar surface area (TPSA) is 96.0 Å². The van der Waals surface area contributed by atoms with Crippen molar-refractivity contribution in [3.8, 4) is 5.75 Å². The number of amides is 2. The fourth-order valence-electron chi connectivity index (χ4n) is 4.88. The summed E-state index contributed by atoms with van der Waals surface area (Å²) in [5, 5.41) is 2.96. The van der Waals surface area contributed by atoms with Crippen molar-refractivity contribution in [2.24, 2.45) is 0 Å². The van der Waals surface area contributed by atoms with Gasteiger partial charge in [0.1, 0.15) is 24.2 Å². The maximum Gasteiger partial charge on any atom is 0.264 e. The number of halogens is 1. The first kappa shape index (κ1) is 33.2. The molecule has 0 bridgehead atoms. The third-order valence-electron chi connectivity index (χ3n) is 7.31. The van der Waals surface area contributed by atoms with Crippen LogP contribution in [-0.2, 0) is 32.6 Å². The summed E-state index contributed by atoms with van der Waals surface area (Å²) < 4.78 is 48.1. The first-order valence-electron chi connectivity index (χ1n) is 14.8. The zero-order valence-corrected chi connectivity index (χ0v) is 26.3. The van der Waals surface area contributed by atoms with Gasteiger partial charge < -0.3 is 15.0 Å². The molecule has 236 valence electrons. The van der Waals surface area contributed by atoms with Crippen molar-refractivity contribution in [1.29, 1.82) is 0 Å². The first-order valence-corrected chi connectivity index (χ1v) is 16.2. The lowest BCUT2D eigenvalue weighted by Gasteiger charge is -2.34. The summed E-state index contributed by atoms with van der Waals surface area (Å²) in [5.74, 6) is -0.920. The van der Waals surface area contributed by atoms with Crippen molar-refractivity contribution in [1.82, 2.24) is 10.2 Å². The molecule has 1 N–H and O–H groups in total. The average Bonchev–Trinajstić information content (AvgIpc) is 3.06. The van der Waals surface area contributed by atoms with Crippen LogP contribution in [0.15, 0.2) is 114 Å². The number of rotatable bonds is 15. The second-order valence-electron chi connectivity index (χ2n) is 10.5. The van der Waals surface area contributed by atoms with E-state index in [1.165, 1.54) is 36.3 Å². The van der Waals surface area contributed by atoms with Gasteiger partial charge in [0.05, 0.1) is 17.7 Å². The van der Waals surface area contributed by atoms with Crippen LogP contribution in [-0.4, -0.2) is 51.4 Å². The van der Waals surface area contributed by atoms with Crippen LogP contribution >= 0.6 is 0 Å². The van der Waals surface area contributed by atoms with Crippen LogP contribution in [0, 0.1) is 5.82 Å². The molecule has 0 aliphatic rings. The zero-order valence-electron chi connectivity index (χ0n) is 25.4. The Morgan fingerprint density at radius 3 is 2.16 bits per heavy atom. The SMILES string of the molecule is CCCCNC(=O)[C@H](Cc1ccccc1)N(Cc1cccc(OC)c1)C(=O)CN(c1ccc(F)cc1)S(=O)(=O)c1ccccc1. The number of methoxy groups -OCH3 is 1. The van der Waals surface area contributed by atoms with Gasteiger partial charge in [0.15, 0.2) is 0 Å². The molecular weight excluding hydrogens is 593 g/mol. The highest BCUT2D eigenvalue weighted by atomic mass is 32.2. The van der Waals surface area contributed by atoms with Gasteiger partial charge in [-0.2, -0.15) is 0 Å². The molecule has 45 heavy (non-hydrogen) atoms. The van der Waals surface area contributed by atoms with Crippen LogP contribution < -0.4 is 14.4 Å². The smallest absolute Gasteiger partial charge is 0.264 e. The molecule has 0 saturated carbocycles. The highest BCUT2D eigenvalue weighted by Gasteiger charge is 2.34. The Kier molecular flexibility index (Phi) is 11.7. The number of unbranched alkanes of at least 4 members (excludes halogenated alkanes) is 1. The van der Waals surface area contributed by atoms with E-state index in [4.69, 9.17) is 4.74 Å². The fraction of sp³-hybridized carbons (Fsp3) is 0.257. The summed E-state index contributed by atoms with van der Waals surface area (Å²) in [7, 11) is -2.72. The minimum Gasteiger partial charge on any atom is -0.497 e. The summed E-state index contributed by atoms with van der Waals surface area (Å²) in [6.45, 7) is 1.84. The maximum absolute atomic E-state index is 14.4. The standard InChI is InChI=1S/C35H38FN3O5S/c1-3-4-22-37-35(41)33(24-27-12-7-5-8-13-27)38(25-28-14-11-15-31(23-28)44-2)34(40)26-39(30-20-18-29(36)19-21-30)45(42,43)32-16-9-6-10-17-32/h5-21,23,33H,3-4,22,24-26H2,1-2H3,(H,37,41)/t33-/m0/s1. The number of nitrogens with one attached hydrogen (secondary N) is 1. The Balaban J connectivity index is 1.79. The summed E-state index contributed by atoms with van der Waals surface area (Å²) in [5.41, 5.74) is 1.65. The lowest BCUT2D eigenvalue weighted by Crippen LogP contribution is -2.53.